The number of hydrogen-bond acceptors (Lipinski definition) is 3. The molecule has 0 atom stereocenters. The molecule has 1 aliphatic heterocycles. The highest BCUT2D eigenvalue weighted by molar-refractivity contribution is 6.44. The summed E-state index contributed by atoms with van der Waals surface area (Å²) < 4.78 is 5.35. The quantitative estimate of drug-likeness (QED) is 0.779. The number of ether oxygens (including phenoxy) is 1. The normalized spacial score (nSPS) is 15.6. The van der Waals surface area contributed by atoms with Gasteiger partial charge in [0.1, 0.15) is 0 Å². The van der Waals surface area contributed by atoms with Crippen molar-refractivity contribution in [1.82, 2.24) is 4.90 Å². The van der Waals surface area contributed by atoms with Crippen molar-refractivity contribution in [2.45, 2.75) is 6.54 Å². The highest BCUT2D eigenvalue weighted by atomic mass is 35.5. The van der Waals surface area contributed by atoms with Crippen LogP contribution in [0.25, 0.3) is 0 Å². The van der Waals surface area contributed by atoms with Gasteiger partial charge in [-0.05, 0) is 17.7 Å². The van der Waals surface area contributed by atoms with E-state index in [1.54, 1.807) is 18.2 Å². The summed E-state index contributed by atoms with van der Waals surface area (Å²) in [6.07, 6.45) is 0. The molecule has 120 valence electrons. The minimum absolute atomic E-state index is 0.115. The third-order valence-electron chi connectivity index (χ3n) is 3.92. The Balaban J connectivity index is 1.73. The Labute approximate surface area is 145 Å². The van der Waals surface area contributed by atoms with Gasteiger partial charge in [0.25, 0.3) is 0 Å². The van der Waals surface area contributed by atoms with Crippen LogP contribution < -0.4 is 0 Å². The van der Waals surface area contributed by atoms with Crippen molar-refractivity contribution >= 4 is 29.0 Å². The second-order valence-electron chi connectivity index (χ2n) is 5.52. The highest BCUT2D eigenvalue weighted by Crippen LogP contribution is 2.27. The summed E-state index contributed by atoms with van der Waals surface area (Å²) in [5.74, 6) is -0.115. The molecule has 23 heavy (non-hydrogen) atoms. The number of carbonyl (C=O) groups is 1. The van der Waals surface area contributed by atoms with E-state index in [9.17, 15) is 4.79 Å². The largest absolute Gasteiger partial charge is 0.379 e. The maximum Gasteiger partial charge on any atom is 0.194 e. The first-order chi connectivity index (χ1) is 11.1. The fourth-order valence-corrected chi connectivity index (χ4v) is 3.00. The number of hydrogen-bond donors (Lipinski definition) is 0. The van der Waals surface area contributed by atoms with Gasteiger partial charge in [-0.25, -0.2) is 0 Å². The number of benzene rings is 2. The van der Waals surface area contributed by atoms with Crippen LogP contribution in [0.4, 0.5) is 0 Å². The number of nitrogens with zero attached hydrogens (tertiary/aromatic N) is 1. The summed E-state index contributed by atoms with van der Waals surface area (Å²) in [5, 5.41) is 0.693. The summed E-state index contributed by atoms with van der Waals surface area (Å²) in [6, 6.07) is 12.8. The maximum atomic E-state index is 12.6. The van der Waals surface area contributed by atoms with Crippen LogP contribution in [-0.2, 0) is 11.3 Å². The zero-order valence-electron chi connectivity index (χ0n) is 12.6. The molecule has 5 heteroatoms. The summed E-state index contributed by atoms with van der Waals surface area (Å²) in [4.78, 5) is 14.9. The molecule has 1 aliphatic rings. The Morgan fingerprint density at radius 3 is 2.43 bits per heavy atom. The van der Waals surface area contributed by atoms with Gasteiger partial charge in [-0.15, -0.1) is 0 Å². The summed E-state index contributed by atoms with van der Waals surface area (Å²) in [7, 11) is 0. The fourth-order valence-electron chi connectivity index (χ4n) is 2.61. The van der Waals surface area contributed by atoms with Crippen LogP contribution >= 0.6 is 23.2 Å². The lowest BCUT2D eigenvalue weighted by Crippen LogP contribution is -2.35. The molecule has 3 rings (SSSR count). The van der Waals surface area contributed by atoms with Gasteiger partial charge in [0, 0.05) is 30.8 Å². The van der Waals surface area contributed by atoms with E-state index in [2.05, 4.69) is 4.90 Å². The van der Waals surface area contributed by atoms with E-state index in [4.69, 9.17) is 27.9 Å². The molecule has 1 heterocycles. The van der Waals surface area contributed by atoms with Gasteiger partial charge in [-0.1, -0.05) is 53.5 Å². The molecular formula is C18H17Cl2NO2. The van der Waals surface area contributed by atoms with Crippen LogP contribution in [0.1, 0.15) is 21.5 Å². The fraction of sp³-hybridized carbons (Fsp3) is 0.278. The van der Waals surface area contributed by atoms with Crippen LogP contribution in [0.2, 0.25) is 10.0 Å². The zero-order valence-corrected chi connectivity index (χ0v) is 14.1. The van der Waals surface area contributed by atoms with E-state index in [1.165, 1.54) is 5.56 Å². The smallest absolute Gasteiger partial charge is 0.194 e. The van der Waals surface area contributed by atoms with Crippen molar-refractivity contribution in [1.29, 1.82) is 0 Å². The Bertz CT molecular complexity index is 695. The third-order valence-corrected chi connectivity index (χ3v) is 4.74. The van der Waals surface area contributed by atoms with Gasteiger partial charge in [-0.2, -0.15) is 0 Å². The van der Waals surface area contributed by atoms with E-state index in [0.717, 1.165) is 32.8 Å². The first-order valence-corrected chi connectivity index (χ1v) is 8.28. The van der Waals surface area contributed by atoms with Gasteiger partial charge in [-0.3, -0.25) is 9.69 Å². The monoisotopic (exact) mass is 349 g/mol. The SMILES string of the molecule is O=C(c1ccc(CN2CCOCC2)cc1)c1cccc(Cl)c1Cl. The second kappa shape index (κ2) is 7.45. The molecule has 0 N–H and O–H groups in total. The first kappa shape index (κ1) is 16.5. The molecular weight excluding hydrogens is 333 g/mol. The van der Waals surface area contributed by atoms with Crippen LogP contribution in [0.3, 0.4) is 0 Å². The summed E-state index contributed by atoms with van der Waals surface area (Å²) in [6.45, 7) is 4.32. The summed E-state index contributed by atoms with van der Waals surface area (Å²) >= 11 is 12.1. The Kier molecular flexibility index (Phi) is 5.34. The number of carbonyl (C=O) groups excluding carboxylic acids is 1. The van der Waals surface area contributed by atoms with Crippen molar-refractivity contribution in [2.24, 2.45) is 0 Å². The minimum Gasteiger partial charge on any atom is -0.379 e. The van der Waals surface area contributed by atoms with Gasteiger partial charge >= 0.3 is 0 Å². The molecule has 2 aromatic rings. The van der Waals surface area contributed by atoms with Crippen molar-refractivity contribution in [2.75, 3.05) is 26.3 Å². The number of halogens is 2. The molecule has 1 fully saturated rings. The zero-order chi connectivity index (χ0) is 16.2. The molecule has 2 aromatic carbocycles. The third kappa shape index (κ3) is 3.93. The van der Waals surface area contributed by atoms with Crippen molar-refractivity contribution < 1.29 is 9.53 Å². The average Bonchev–Trinajstić information content (AvgIpc) is 2.58. The number of ketones is 1. The topological polar surface area (TPSA) is 29.5 Å². The van der Waals surface area contributed by atoms with E-state index < -0.39 is 0 Å². The van der Waals surface area contributed by atoms with Crippen LogP contribution in [-0.4, -0.2) is 37.0 Å². The van der Waals surface area contributed by atoms with E-state index in [-0.39, 0.29) is 5.78 Å². The average molecular weight is 350 g/mol. The predicted molar refractivity (Wildman–Crippen MR) is 92.4 cm³/mol. The van der Waals surface area contributed by atoms with Crippen molar-refractivity contribution in [3.05, 3.63) is 69.2 Å². The standard InChI is InChI=1S/C18H17Cl2NO2/c19-16-3-1-2-15(17(16)20)18(22)14-6-4-13(5-7-14)12-21-8-10-23-11-9-21/h1-7H,8-12H2. The lowest BCUT2D eigenvalue weighted by atomic mass is 10.0. The maximum absolute atomic E-state index is 12.6. The minimum atomic E-state index is -0.115. The Hall–Kier alpha value is -1.39. The molecule has 3 nitrogen and oxygen atoms in total. The lowest BCUT2D eigenvalue weighted by molar-refractivity contribution is 0.0342. The molecule has 0 bridgehead atoms. The number of morpholine rings is 1. The van der Waals surface area contributed by atoms with Crippen LogP contribution in [0, 0.1) is 0 Å². The Morgan fingerprint density at radius 1 is 1.04 bits per heavy atom. The highest BCUT2D eigenvalue weighted by Gasteiger charge is 2.15. The molecule has 0 aromatic heterocycles. The van der Waals surface area contributed by atoms with Crippen molar-refractivity contribution in [3.8, 4) is 0 Å². The molecule has 1 saturated heterocycles. The van der Waals surface area contributed by atoms with Gasteiger partial charge in [0.2, 0.25) is 0 Å². The van der Waals surface area contributed by atoms with E-state index in [0.29, 0.717) is 21.2 Å². The Morgan fingerprint density at radius 2 is 1.74 bits per heavy atom. The lowest BCUT2D eigenvalue weighted by Gasteiger charge is -2.26. The number of rotatable bonds is 4. The van der Waals surface area contributed by atoms with Gasteiger partial charge < -0.3 is 4.74 Å². The first-order valence-electron chi connectivity index (χ1n) is 7.53. The second-order valence-corrected chi connectivity index (χ2v) is 6.30. The van der Waals surface area contributed by atoms with Gasteiger partial charge in [0.05, 0.1) is 23.3 Å². The van der Waals surface area contributed by atoms with E-state index >= 15 is 0 Å². The van der Waals surface area contributed by atoms with Crippen LogP contribution in [0.5, 0.6) is 0 Å². The van der Waals surface area contributed by atoms with Gasteiger partial charge in [0.15, 0.2) is 5.78 Å². The summed E-state index contributed by atoms with van der Waals surface area (Å²) in [5.41, 5.74) is 2.22. The molecule has 0 unspecified atom stereocenters. The molecule has 0 spiro atoms. The predicted octanol–water partition coefficient (Wildman–Crippen LogP) is 4.06. The molecule has 0 saturated carbocycles. The van der Waals surface area contributed by atoms with E-state index in [1.807, 2.05) is 24.3 Å². The molecule has 0 amide bonds. The van der Waals surface area contributed by atoms with Crippen molar-refractivity contribution in [3.63, 3.8) is 0 Å². The molecule has 0 radical (unpaired) electrons. The van der Waals surface area contributed by atoms with Crippen LogP contribution in [0.15, 0.2) is 42.5 Å². The molecule has 0 aliphatic carbocycles.